The molecule has 0 aliphatic heterocycles. The van der Waals surface area contributed by atoms with Crippen molar-refractivity contribution < 1.29 is 4.79 Å². The van der Waals surface area contributed by atoms with E-state index in [1.807, 2.05) is 12.3 Å². The Balaban J connectivity index is 1.36. The Bertz CT molecular complexity index is 801. The maximum absolute atomic E-state index is 12.5. The minimum Gasteiger partial charge on any atom is -0.349 e. The summed E-state index contributed by atoms with van der Waals surface area (Å²) in [5.74, 6) is 2.00. The predicted molar refractivity (Wildman–Crippen MR) is 104 cm³/mol. The molecule has 1 N–H and O–H groups in total. The molecule has 1 amide bonds. The van der Waals surface area contributed by atoms with E-state index in [2.05, 4.69) is 34.8 Å². The maximum Gasteiger partial charge on any atom is 0.251 e. The van der Waals surface area contributed by atoms with Gasteiger partial charge in [0.05, 0.1) is 12.2 Å². The summed E-state index contributed by atoms with van der Waals surface area (Å²) in [5, 5.41) is 8.37. The molecule has 4 rings (SSSR count). The lowest BCUT2D eigenvalue weighted by Crippen LogP contribution is -2.37. The van der Waals surface area contributed by atoms with Crippen LogP contribution >= 0.6 is 11.6 Å². The van der Waals surface area contributed by atoms with E-state index in [0.717, 1.165) is 24.8 Å². The van der Waals surface area contributed by atoms with Gasteiger partial charge in [-0.15, -0.1) is 0 Å². The second-order valence-corrected chi connectivity index (χ2v) is 7.92. The second-order valence-electron chi connectivity index (χ2n) is 7.48. The molecule has 2 fully saturated rings. The number of hydrogen-bond acceptors (Lipinski definition) is 2. The number of fused-ring (bicyclic) bond motifs is 1. The zero-order valence-electron chi connectivity index (χ0n) is 14.9. The number of amides is 1. The number of nitrogens with zero attached hydrogens (tertiary/aromatic N) is 2. The highest BCUT2D eigenvalue weighted by Crippen LogP contribution is 2.62. The molecule has 2 saturated carbocycles. The van der Waals surface area contributed by atoms with Crippen molar-refractivity contribution in [1.29, 1.82) is 0 Å². The van der Waals surface area contributed by atoms with Gasteiger partial charge in [-0.05, 0) is 61.3 Å². The summed E-state index contributed by atoms with van der Waals surface area (Å²) in [6.45, 7) is 5.95. The molecule has 5 heteroatoms. The fourth-order valence-electron chi connectivity index (χ4n) is 4.66. The molecule has 0 bridgehead atoms. The van der Waals surface area contributed by atoms with E-state index in [-0.39, 0.29) is 11.9 Å². The van der Waals surface area contributed by atoms with Gasteiger partial charge in [-0.2, -0.15) is 5.10 Å². The fourth-order valence-corrected chi connectivity index (χ4v) is 4.78. The normalized spacial score (nSPS) is 27.6. The Morgan fingerprint density at radius 3 is 2.65 bits per heavy atom. The molecule has 136 valence electrons. The predicted octanol–water partition coefficient (Wildman–Crippen LogP) is 4.59. The van der Waals surface area contributed by atoms with Crippen molar-refractivity contribution in [1.82, 2.24) is 15.1 Å². The molecule has 0 saturated heterocycles. The van der Waals surface area contributed by atoms with Crippen LogP contribution in [0.1, 0.15) is 48.1 Å². The quantitative estimate of drug-likeness (QED) is 0.809. The monoisotopic (exact) mass is 369 g/mol. The Morgan fingerprint density at radius 1 is 1.38 bits per heavy atom. The number of halogens is 1. The van der Waals surface area contributed by atoms with Crippen LogP contribution in [0.2, 0.25) is 5.02 Å². The van der Waals surface area contributed by atoms with E-state index < -0.39 is 0 Å². The summed E-state index contributed by atoms with van der Waals surface area (Å²) in [5.41, 5.74) is 1.74. The second kappa shape index (κ2) is 6.92. The highest BCUT2D eigenvalue weighted by molar-refractivity contribution is 6.30. The van der Waals surface area contributed by atoms with Gasteiger partial charge in [-0.1, -0.05) is 31.2 Å². The van der Waals surface area contributed by atoms with E-state index in [9.17, 15) is 4.79 Å². The molecular formula is C21H24ClN3O. The van der Waals surface area contributed by atoms with Gasteiger partial charge in [0.1, 0.15) is 0 Å². The smallest absolute Gasteiger partial charge is 0.251 e. The van der Waals surface area contributed by atoms with E-state index in [1.54, 1.807) is 24.3 Å². The number of nitrogens with one attached hydrogen (secondary N) is 1. The zero-order chi connectivity index (χ0) is 18.3. The molecule has 2 aliphatic rings. The first-order valence-corrected chi connectivity index (χ1v) is 9.71. The first kappa shape index (κ1) is 17.3. The number of aromatic nitrogens is 2. The lowest BCUT2D eigenvalue weighted by Gasteiger charge is -2.22. The third-order valence-electron chi connectivity index (χ3n) is 6.04. The number of benzene rings is 1. The molecule has 0 unspecified atom stereocenters. The largest absolute Gasteiger partial charge is 0.349 e. The molecule has 26 heavy (non-hydrogen) atoms. The van der Waals surface area contributed by atoms with Crippen LogP contribution in [0.15, 0.2) is 43.2 Å². The summed E-state index contributed by atoms with van der Waals surface area (Å²) in [6, 6.07) is 7.81. The number of carbonyl (C=O) groups excluding carboxylic acids is 1. The van der Waals surface area contributed by atoms with Crippen molar-refractivity contribution in [3.05, 3.63) is 59.4 Å². The fraction of sp³-hybridized carbons (Fsp3) is 0.429. The van der Waals surface area contributed by atoms with Crippen LogP contribution in [0.5, 0.6) is 0 Å². The van der Waals surface area contributed by atoms with Crippen LogP contribution in [0.25, 0.3) is 6.08 Å². The summed E-state index contributed by atoms with van der Waals surface area (Å²) in [4.78, 5) is 12.5. The molecule has 1 aromatic carbocycles. The van der Waals surface area contributed by atoms with Crippen molar-refractivity contribution in [2.45, 2.75) is 38.3 Å². The average Bonchev–Trinajstić information content (AvgIpc) is 3.04. The summed E-state index contributed by atoms with van der Waals surface area (Å²) in [7, 11) is 0. The van der Waals surface area contributed by atoms with E-state index in [0.29, 0.717) is 34.4 Å². The average molecular weight is 370 g/mol. The summed E-state index contributed by atoms with van der Waals surface area (Å²) < 4.78 is 2.09. The SMILES string of the molecule is C=Cc1cnn([C@@H]2C[C@@H]3[C@H](C2)[C@H]3[C@@H](CC)NC(=O)c2ccc(Cl)cc2)c1. The molecule has 5 atom stereocenters. The molecule has 0 spiro atoms. The number of carbonyl (C=O) groups is 1. The van der Waals surface area contributed by atoms with Crippen LogP contribution in [0, 0.1) is 17.8 Å². The third-order valence-corrected chi connectivity index (χ3v) is 6.30. The molecule has 1 heterocycles. The number of rotatable bonds is 6. The van der Waals surface area contributed by atoms with Crippen molar-refractivity contribution in [3.8, 4) is 0 Å². The topological polar surface area (TPSA) is 46.9 Å². The van der Waals surface area contributed by atoms with Crippen LogP contribution in [0.3, 0.4) is 0 Å². The van der Waals surface area contributed by atoms with E-state index in [1.165, 1.54) is 0 Å². The van der Waals surface area contributed by atoms with Gasteiger partial charge in [0.15, 0.2) is 0 Å². The van der Waals surface area contributed by atoms with Gasteiger partial charge in [-0.25, -0.2) is 0 Å². The van der Waals surface area contributed by atoms with Gasteiger partial charge < -0.3 is 5.32 Å². The Kier molecular flexibility index (Phi) is 4.62. The number of hydrogen-bond donors (Lipinski definition) is 1. The Hall–Kier alpha value is -2.07. The van der Waals surface area contributed by atoms with Gasteiger partial charge in [0, 0.05) is 28.4 Å². The van der Waals surface area contributed by atoms with Gasteiger partial charge in [0.25, 0.3) is 5.91 Å². The molecule has 2 aromatic rings. The van der Waals surface area contributed by atoms with Crippen LogP contribution < -0.4 is 5.32 Å². The zero-order valence-corrected chi connectivity index (χ0v) is 15.7. The first-order valence-electron chi connectivity index (χ1n) is 9.33. The highest BCUT2D eigenvalue weighted by atomic mass is 35.5. The van der Waals surface area contributed by atoms with Crippen molar-refractivity contribution in [3.63, 3.8) is 0 Å². The first-order chi connectivity index (χ1) is 12.6. The summed E-state index contributed by atoms with van der Waals surface area (Å²) >= 11 is 5.91. The van der Waals surface area contributed by atoms with Crippen molar-refractivity contribution >= 4 is 23.6 Å². The Morgan fingerprint density at radius 2 is 2.08 bits per heavy atom. The van der Waals surface area contributed by atoms with Gasteiger partial charge in [0.2, 0.25) is 0 Å². The highest BCUT2D eigenvalue weighted by Gasteiger charge is 2.59. The minimum atomic E-state index is -0.00209. The molecule has 4 nitrogen and oxygen atoms in total. The van der Waals surface area contributed by atoms with E-state index >= 15 is 0 Å². The van der Waals surface area contributed by atoms with E-state index in [4.69, 9.17) is 11.6 Å². The molecule has 0 radical (unpaired) electrons. The van der Waals surface area contributed by atoms with Crippen LogP contribution in [0.4, 0.5) is 0 Å². The lowest BCUT2D eigenvalue weighted by atomic mass is 9.99. The lowest BCUT2D eigenvalue weighted by molar-refractivity contribution is 0.0926. The standard InChI is InChI=1S/C21H24ClN3O/c1-3-13-11-23-25(12-13)16-9-17-18(10-16)20(17)19(4-2)24-21(26)14-5-7-15(22)8-6-14/h3,5-8,11-12,16-20H,1,4,9-10H2,2H3,(H,24,26)/t16-,17-,18+,19-,20+/m1/s1. The molecule has 1 aromatic heterocycles. The summed E-state index contributed by atoms with van der Waals surface area (Å²) in [6.07, 6.45) is 9.06. The molecule has 2 aliphatic carbocycles. The maximum atomic E-state index is 12.5. The Labute approximate surface area is 159 Å². The van der Waals surface area contributed by atoms with Gasteiger partial charge in [-0.3, -0.25) is 9.48 Å². The van der Waals surface area contributed by atoms with Crippen LogP contribution in [-0.2, 0) is 0 Å². The van der Waals surface area contributed by atoms with Crippen LogP contribution in [-0.4, -0.2) is 21.7 Å². The molecular weight excluding hydrogens is 346 g/mol. The van der Waals surface area contributed by atoms with Crippen molar-refractivity contribution in [2.75, 3.05) is 0 Å². The minimum absolute atomic E-state index is 0.00209. The van der Waals surface area contributed by atoms with Crippen molar-refractivity contribution in [2.24, 2.45) is 17.8 Å². The van der Waals surface area contributed by atoms with Gasteiger partial charge >= 0.3 is 0 Å². The third kappa shape index (κ3) is 3.18.